The number of rotatable bonds is 3. The number of hydrogen-bond donors (Lipinski definition) is 1. The molecule has 1 heterocycles. The second kappa shape index (κ2) is 4.68. The smallest absolute Gasteiger partial charge is 0.355 e. The third-order valence-electron chi connectivity index (χ3n) is 2.48. The van der Waals surface area contributed by atoms with Gasteiger partial charge in [0.1, 0.15) is 5.69 Å². The first-order valence-electron chi connectivity index (χ1n) is 5.59. The summed E-state index contributed by atoms with van der Waals surface area (Å²) in [6.07, 6.45) is -0.219. The molecule has 0 bridgehead atoms. The molecule has 0 aliphatic carbocycles. The van der Waals surface area contributed by atoms with Crippen LogP contribution in [0.15, 0.2) is 18.2 Å². The number of halogens is 1. The summed E-state index contributed by atoms with van der Waals surface area (Å²) in [5.41, 5.74) is 0.759. The third-order valence-corrected chi connectivity index (χ3v) is 2.48. The number of aromatic nitrogens is 1. The normalized spacial score (nSPS) is 10.9. The van der Waals surface area contributed by atoms with E-state index in [-0.39, 0.29) is 17.5 Å². The highest BCUT2D eigenvalue weighted by Crippen LogP contribution is 2.26. The third kappa shape index (κ3) is 2.16. The van der Waals surface area contributed by atoms with E-state index in [4.69, 9.17) is 9.47 Å². The van der Waals surface area contributed by atoms with Crippen LogP contribution in [0.4, 0.5) is 4.39 Å². The van der Waals surface area contributed by atoms with Crippen molar-refractivity contribution in [3.63, 3.8) is 0 Å². The number of carbonyl (C=O) groups is 1. The van der Waals surface area contributed by atoms with Gasteiger partial charge in [0.2, 0.25) is 0 Å². The van der Waals surface area contributed by atoms with Crippen LogP contribution in [0.2, 0.25) is 0 Å². The van der Waals surface area contributed by atoms with Crippen molar-refractivity contribution in [1.29, 1.82) is 0 Å². The van der Waals surface area contributed by atoms with Gasteiger partial charge in [-0.25, -0.2) is 9.18 Å². The quantitative estimate of drug-likeness (QED) is 0.853. The fourth-order valence-corrected chi connectivity index (χ4v) is 1.69. The summed E-state index contributed by atoms with van der Waals surface area (Å²) in [4.78, 5) is 14.5. The summed E-state index contributed by atoms with van der Waals surface area (Å²) in [7, 11) is 1.39. The van der Waals surface area contributed by atoms with Gasteiger partial charge in [0, 0.05) is 10.9 Å². The Hall–Kier alpha value is -2.04. The standard InChI is InChI=1S/C13H14FNO3/c1-7(2)18-13(16)10-6-8-9(15-10)4-5-11(17-3)12(8)14/h4-7,15H,1-3H3. The van der Waals surface area contributed by atoms with Crippen molar-refractivity contribution in [3.8, 4) is 5.75 Å². The van der Waals surface area contributed by atoms with Crippen LogP contribution in [0.25, 0.3) is 10.9 Å². The summed E-state index contributed by atoms with van der Waals surface area (Å²) in [5, 5.41) is 0.310. The van der Waals surface area contributed by atoms with Crippen molar-refractivity contribution in [1.82, 2.24) is 4.98 Å². The monoisotopic (exact) mass is 251 g/mol. The van der Waals surface area contributed by atoms with E-state index in [0.717, 1.165) is 0 Å². The average molecular weight is 251 g/mol. The Morgan fingerprint density at radius 3 is 2.72 bits per heavy atom. The van der Waals surface area contributed by atoms with E-state index in [0.29, 0.717) is 10.9 Å². The van der Waals surface area contributed by atoms with Gasteiger partial charge in [0.25, 0.3) is 0 Å². The second-order valence-corrected chi connectivity index (χ2v) is 4.18. The van der Waals surface area contributed by atoms with Gasteiger partial charge in [-0.3, -0.25) is 0 Å². The summed E-state index contributed by atoms with van der Waals surface area (Å²) < 4.78 is 23.8. The zero-order valence-corrected chi connectivity index (χ0v) is 10.4. The number of fused-ring (bicyclic) bond motifs is 1. The van der Waals surface area contributed by atoms with E-state index in [1.165, 1.54) is 19.2 Å². The Kier molecular flexibility index (Phi) is 3.23. The van der Waals surface area contributed by atoms with E-state index in [1.54, 1.807) is 19.9 Å². The Labute approximate surface area is 104 Å². The second-order valence-electron chi connectivity index (χ2n) is 4.18. The zero-order chi connectivity index (χ0) is 13.3. The molecule has 0 saturated heterocycles. The SMILES string of the molecule is COc1ccc2[nH]c(C(=O)OC(C)C)cc2c1F. The van der Waals surface area contributed by atoms with Gasteiger partial charge in [-0.2, -0.15) is 0 Å². The van der Waals surface area contributed by atoms with E-state index in [2.05, 4.69) is 4.98 Å². The van der Waals surface area contributed by atoms with Crippen molar-refractivity contribution in [2.24, 2.45) is 0 Å². The summed E-state index contributed by atoms with van der Waals surface area (Å²) >= 11 is 0. The van der Waals surface area contributed by atoms with Crippen molar-refractivity contribution in [3.05, 3.63) is 29.7 Å². The highest BCUT2D eigenvalue weighted by Gasteiger charge is 2.16. The molecule has 0 amide bonds. The molecular formula is C13H14FNO3. The molecule has 18 heavy (non-hydrogen) atoms. The molecule has 0 atom stereocenters. The number of benzene rings is 1. The van der Waals surface area contributed by atoms with Gasteiger partial charge < -0.3 is 14.5 Å². The molecule has 0 aliphatic rings. The van der Waals surface area contributed by atoms with E-state index < -0.39 is 11.8 Å². The minimum atomic E-state index is -0.500. The Morgan fingerprint density at radius 1 is 1.39 bits per heavy atom. The molecule has 2 rings (SSSR count). The maximum Gasteiger partial charge on any atom is 0.355 e. The van der Waals surface area contributed by atoms with E-state index in [1.807, 2.05) is 0 Å². The predicted octanol–water partition coefficient (Wildman–Crippen LogP) is 2.88. The maximum atomic E-state index is 13.9. The number of nitrogens with one attached hydrogen (secondary N) is 1. The molecule has 4 nitrogen and oxygen atoms in total. The van der Waals surface area contributed by atoms with Gasteiger partial charge in [-0.05, 0) is 32.0 Å². The van der Waals surface area contributed by atoms with Crippen LogP contribution >= 0.6 is 0 Å². The molecule has 0 unspecified atom stereocenters. The first kappa shape index (κ1) is 12.4. The molecule has 1 N–H and O–H groups in total. The molecule has 5 heteroatoms. The van der Waals surface area contributed by atoms with Gasteiger partial charge >= 0.3 is 5.97 Å². The molecule has 0 aliphatic heterocycles. The molecule has 1 aromatic heterocycles. The number of esters is 1. The Bertz CT molecular complexity index is 589. The Balaban J connectivity index is 2.44. The zero-order valence-electron chi connectivity index (χ0n) is 10.4. The summed E-state index contributed by atoms with van der Waals surface area (Å²) in [6.45, 7) is 3.51. The number of aromatic amines is 1. The van der Waals surface area contributed by atoms with Gasteiger partial charge in [-0.1, -0.05) is 0 Å². The van der Waals surface area contributed by atoms with Crippen LogP contribution in [0, 0.1) is 5.82 Å². The number of methoxy groups -OCH3 is 1. The molecule has 0 saturated carbocycles. The van der Waals surface area contributed by atoms with Crippen LogP contribution in [-0.2, 0) is 4.74 Å². The molecular weight excluding hydrogens is 237 g/mol. The number of ether oxygens (including phenoxy) is 2. The number of hydrogen-bond acceptors (Lipinski definition) is 3. The average Bonchev–Trinajstić information content (AvgIpc) is 2.73. The first-order chi connectivity index (χ1) is 8.52. The van der Waals surface area contributed by atoms with Crippen molar-refractivity contribution < 1.29 is 18.7 Å². The van der Waals surface area contributed by atoms with Crippen LogP contribution < -0.4 is 4.74 Å². The van der Waals surface area contributed by atoms with Crippen molar-refractivity contribution >= 4 is 16.9 Å². The molecule has 0 radical (unpaired) electrons. The predicted molar refractivity (Wildman–Crippen MR) is 65.4 cm³/mol. The lowest BCUT2D eigenvalue weighted by Gasteiger charge is -2.05. The van der Waals surface area contributed by atoms with Crippen molar-refractivity contribution in [2.45, 2.75) is 20.0 Å². The summed E-state index contributed by atoms with van der Waals surface area (Å²) in [6, 6.07) is 4.59. The van der Waals surface area contributed by atoms with Gasteiger partial charge in [-0.15, -0.1) is 0 Å². The Morgan fingerprint density at radius 2 is 2.11 bits per heavy atom. The van der Waals surface area contributed by atoms with Gasteiger partial charge in [0.05, 0.1) is 13.2 Å². The van der Waals surface area contributed by atoms with Gasteiger partial charge in [0.15, 0.2) is 11.6 Å². The number of carbonyl (C=O) groups excluding carboxylic acids is 1. The van der Waals surface area contributed by atoms with Crippen molar-refractivity contribution in [2.75, 3.05) is 7.11 Å². The lowest BCUT2D eigenvalue weighted by Crippen LogP contribution is -2.11. The van der Waals surface area contributed by atoms with Crippen LogP contribution in [0.3, 0.4) is 0 Å². The highest BCUT2D eigenvalue weighted by atomic mass is 19.1. The minimum absolute atomic E-state index is 0.144. The number of H-pyrrole nitrogens is 1. The minimum Gasteiger partial charge on any atom is -0.494 e. The van der Waals surface area contributed by atoms with E-state index in [9.17, 15) is 9.18 Å². The lowest BCUT2D eigenvalue weighted by atomic mass is 10.2. The fraction of sp³-hybridized carbons (Fsp3) is 0.308. The topological polar surface area (TPSA) is 51.3 Å². The highest BCUT2D eigenvalue weighted by molar-refractivity contribution is 5.95. The molecule has 1 aromatic carbocycles. The molecule has 96 valence electrons. The maximum absolute atomic E-state index is 13.9. The van der Waals surface area contributed by atoms with Crippen LogP contribution in [0.5, 0.6) is 5.75 Å². The van der Waals surface area contributed by atoms with Crippen LogP contribution in [-0.4, -0.2) is 24.2 Å². The van der Waals surface area contributed by atoms with E-state index >= 15 is 0 Å². The van der Waals surface area contributed by atoms with Crippen LogP contribution in [0.1, 0.15) is 24.3 Å². The molecule has 0 fully saturated rings. The largest absolute Gasteiger partial charge is 0.494 e. The lowest BCUT2D eigenvalue weighted by molar-refractivity contribution is 0.0372. The fourth-order valence-electron chi connectivity index (χ4n) is 1.69. The summed E-state index contributed by atoms with van der Waals surface area (Å²) in [5.74, 6) is -0.848. The first-order valence-corrected chi connectivity index (χ1v) is 5.59. The molecule has 0 spiro atoms. The molecule has 2 aromatic rings.